The first-order chi connectivity index (χ1) is 12.6. The van der Waals surface area contributed by atoms with Gasteiger partial charge in [0.1, 0.15) is 17.1 Å². The van der Waals surface area contributed by atoms with E-state index >= 15 is 0 Å². The summed E-state index contributed by atoms with van der Waals surface area (Å²) in [7, 11) is 1.62. The van der Waals surface area contributed by atoms with E-state index in [0.29, 0.717) is 5.75 Å². The van der Waals surface area contributed by atoms with Crippen LogP contribution in [0, 0.1) is 12.7 Å². The van der Waals surface area contributed by atoms with E-state index in [1.807, 2.05) is 31.2 Å². The van der Waals surface area contributed by atoms with Gasteiger partial charge in [0.15, 0.2) is 0 Å². The lowest BCUT2D eigenvalue weighted by molar-refractivity contribution is -0.115. The molecule has 0 atom stereocenters. The molecule has 134 valence electrons. The van der Waals surface area contributed by atoms with Crippen molar-refractivity contribution in [3.8, 4) is 5.75 Å². The number of carbonyl (C=O) groups is 1. The highest BCUT2D eigenvalue weighted by Gasteiger charge is 2.10. The number of nitrogens with one attached hydrogen (secondary N) is 1. The summed E-state index contributed by atoms with van der Waals surface area (Å²) >= 11 is 1.49. The summed E-state index contributed by atoms with van der Waals surface area (Å²) in [4.78, 5) is 16.7. The van der Waals surface area contributed by atoms with Crippen LogP contribution in [0.2, 0.25) is 0 Å². The number of para-hydroxylation sites is 2. The molecule has 4 nitrogen and oxygen atoms in total. The number of hydrogen-bond donors (Lipinski definition) is 1. The zero-order valence-corrected chi connectivity index (χ0v) is 15.4. The third-order valence-electron chi connectivity index (χ3n) is 3.93. The van der Waals surface area contributed by atoms with Crippen molar-refractivity contribution in [1.82, 2.24) is 4.98 Å². The van der Waals surface area contributed by atoms with Gasteiger partial charge in [-0.3, -0.25) is 4.79 Å². The molecule has 0 bridgehead atoms. The molecule has 0 saturated heterocycles. The zero-order chi connectivity index (χ0) is 18.5. The molecule has 0 aliphatic carbocycles. The average molecular weight is 370 g/mol. The molecular formula is C20H19FN2O2S. The number of hydrogen-bond acceptors (Lipinski definition) is 4. The second-order valence-electron chi connectivity index (χ2n) is 5.76. The van der Waals surface area contributed by atoms with Gasteiger partial charge in [-0.05, 0) is 36.8 Å². The SMILES string of the molecule is COc1cccc2c(C)cc(SCCC(=O)Nc3ccccc3F)nc12. The summed E-state index contributed by atoms with van der Waals surface area (Å²) < 4.78 is 18.9. The van der Waals surface area contributed by atoms with Crippen LogP contribution in [0.3, 0.4) is 0 Å². The quantitative estimate of drug-likeness (QED) is 0.633. The molecule has 1 N–H and O–H groups in total. The fourth-order valence-electron chi connectivity index (χ4n) is 2.62. The average Bonchev–Trinajstić information content (AvgIpc) is 2.63. The number of aryl methyl sites for hydroxylation is 1. The maximum atomic E-state index is 13.6. The van der Waals surface area contributed by atoms with Crippen LogP contribution in [0.25, 0.3) is 10.9 Å². The number of amides is 1. The minimum atomic E-state index is -0.438. The minimum Gasteiger partial charge on any atom is -0.494 e. The third kappa shape index (κ3) is 4.14. The molecule has 0 aliphatic rings. The van der Waals surface area contributed by atoms with E-state index in [2.05, 4.69) is 10.3 Å². The molecule has 0 fully saturated rings. The Labute approximate surface area is 155 Å². The van der Waals surface area contributed by atoms with Gasteiger partial charge in [-0.2, -0.15) is 0 Å². The summed E-state index contributed by atoms with van der Waals surface area (Å²) in [6, 6.07) is 14.0. The molecule has 1 aromatic heterocycles. The van der Waals surface area contributed by atoms with Crippen LogP contribution in [0.5, 0.6) is 5.75 Å². The van der Waals surface area contributed by atoms with Crippen LogP contribution < -0.4 is 10.1 Å². The fourth-order valence-corrected chi connectivity index (χ4v) is 3.54. The molecule has 2 aromatic carbocycles. The summed E-state index contributed by atoms with van der Waals surface area (Å²) in [5.41, 5.74) is 2.12. The highest BCUT2D eigenvalue weighted by atomic mass is 32.2. The summed E-state index contributed by atoms with van der Waals surface area (Å²) in [6.07, 6.45) is 0.268. The Balaban J connectivity index is 1.65. The number of fused-ring (bicyclic) bond motifs is 1. The number of carbonyl (C=O) groups excluding carboxylic acids is 1. The van der Waals surface area contributed by atoms with Gasteiger partial charge < -0.3 is 10.1 Å². The first-order valence-electron chi connectivity index (χ1n) is 8.20. The van der Waals surface area contributed by atoms with Crippen LogP contribution in [-0.2, 0) is 4.79 Å². The number of pyridine rings is 1. The molecule has 0 unspecified atom stereocenters. The summed E-state index contributed by atoms with van der Waals surface area (Å²) in [5.74, 6) is 0.614. The summed E-state index contributed by atoms with van der Waals surface area (Å²) in [5, 5.41) is 4.47. The first kappa shape index (κ1) is 18.2. The number of anilines is 1. The lowest BCUT2D eigenvalue weighted by Gasteiger charge is -2.10. The zero-order valence-electron chi connectivity index (χ0n) is 14.6. The number of ether oxygens (including phenoxy) is 1. The second-order valence-corrected chi connectivity index (χ2v) is 6.88. The highest BCUT2D eigenvalue weighted by Crippen LogP contribution is 2.29. The van der Waals surface area contributed by atoms with E-state index in [-0.39, 0.29) is 18.0 Å². The maximum absolute atomic E-state index is 13.6. The van der Waals surface area contributed by atoms with Crippen LogP contribution in [0.4, 0.5) is 10.1 Å². The standard InChI is InChI=1S/C20H19FN2O2S/c1-13-12-19(23-20-14(13)6-5-9-17(20)25-2)26-11-10-18(24)22-16-8-4-3-7-15(16)21/h3-9,12H,10-11H2,1-2H3,(H,22,24). The van der Waals surface area contributed by atoms with Crippen molar-refractivity contribution < 1.29 is 13.9 Å². The van der Waals surface area contributed by atoms with Crippen LogP contribution in [-0.4, -0.2) is 23.8 Å². The Hall–Kier alpha value is -2.60. The number of aromatic nitrogens is 1. The van der Waals surface area contributed by atoms with Gasteiger partial charge in [-0.1, -0.05) is 24.3 Å². The Morgan fingerprint density at radius 2 is 2.04 bits per heavy atom. The van der Waals surface area contributed by atoms with Gasteiger partial charge in [-0.25, -0.2) is 9.37 Å². The minimum absolute atomic E-state index is 0.201. The molecule has 6 heteroatoms. The van der Waals surface area contributed by atoms with E-state index < -0.39 is 5.82 Å². The molecule has 26 heavy (non-hydrogen) atoms. The number of benzene rings is 2. The van der Waals surface area contributed by atoms with E-state index in [1.165, 1.54) is 17.8 Å². The first-order valence-corrected chi connectivity index (χ1v) is 9.18. The molecule has 3 aromatic rings. The van der Waals surface area contributed by atoms with Crippen molar-refractivity contribution in [2.45, 2.75) is 18.4 Å². The highest BCUT2D eigenvalue weighted by molar-refractivity contribution is 7.99. The van der Waals surface area contributed by atoms with Crippen molar-refractivity contribution >= 4 is 34.3 Å². The summed E-state index contributed by atoms with van der Waals surface area (Å²) in [6.45, 7) is 2.03. The Morgan fingerprint density at radius 3 is 2.81 bits per heavy atom. The van der Waals surface area contributed by atoms with Crippen molar-refractivity contribution in [1.29, 1.82) is 0 Å². The Morgan fingerprint density at radius 1 is 1.23 bits per heavy atom. The number of halogens is 1. The molecule has 0 radical (unpaired) electrons. The molecular weight excluding hydrogens is 351 g/mol. The predicted molar refractivity (Wildman–Crippen MR) is 103 cm³/mol. The Kier molecular flexibility index (Phi) is 5.73. The molecule has 1 amide bonds. The van der Waals surface area contributed by atoms with Crippen molar-refractivity contribution in [2.75, 3.05) is 18.2 Å². The number of thioether (sulfide) groups is 1. The fraction of sp³-hybridized carbons (Fsp3) is 0.200. The van der Waals surface area contributed by atoms with Gasteiger partial charge in [0.2, 0.25) is 5.91 Å². The van der Waals surface area contributed by atoms with Gasteiger partial charge in [0, 0.05) is 17.6 Å². The smallest absolute Gasteiger partial charge is 0.225 e. The van der Waals surface area contributed by atoms with Crippen molar-refractivity contribution in [2.24, 2.45) is 0 Å². The van der Waals surface area contributed by atoms with Crippen molar-refractivity contribution in [3.05, 3.63) is 59.9 Å². The van der Waals surface area contributed by atoms with Crippen molar-refractivity contribution in [3.63, 3.8) is 0 Å². The van der Waals surface area contributed by atoms with E-state index in [1.54, 1.807) is 25.3 Å². The van der Waals surface area contributed by atoms with Gasteiger partial charge in [0.05, 0.1) is 17.8 Å². The largest absolute Gasteiger partial charge is 0.494 e. The monoisotopic (exact) mass is 370 g/mol. The predicted octanol–water partition coefficient (Wildman–Crippen LogP) is 4.81. The Bertz CT molecular complexity index is 946. The van der Waals surface area contributed by atoms with Gasteiger partial charge in [-0.15, -0.1) is 11.8 Å². The van der Waals surface area contributed by atoms with E-state index in [0.717, 1.165) is 27.2 Å². The molecule has 3 rings (SSSR count). The lowest BCUT2D eigenvalue weighted by Crippen LogP contribution is -2.13. The maximum Gasteiger partial charge on any atom is 0.225 e. The molecule has 0 saturated carbocycles. The number of methoxy groups -OCH3 is 1. The van der Waals surface area contributed by atoms with E-state index in [4.69, 9.17) is 4.74 Å². The van der Waals surface area contributed by atoms with Crippen LogP contribution >= 0.6 is 11.8 Å². The topological polar surface area (TPSA) is 51.2 Å². The normalized spacial score (nSPS) is 10.7. The molecule has 1 heterocycles. The van der Waals surface area contributed by atoms with Gasteiger partial charge >= 0.3 is 0 Å². The molecule has 0 aliphatic heterocycles. The lowest BCUT2D eigenvalue weighted by atomic mass is 10.1. The number of rotatable bonds is 6. The number of nitrogens with zero attached hydrogens (tertiary/aromatic N) is 1. The second kappa shape index (κ2) is 8.19. The molecule has 0 spiro atoms. The third-order valence-corrected chi connectivity index (χ3v) is 4.85. The van der Waals surface area contributed by atoms with Crippen LogP contribution in [0.15, 0.2) is 53.6 Å². The van der Waals surface area contributed by atoms with Gasteiger partial charge in [0.25, 0.3) is 0 Å². The van der Waals surface area contributed by atoms with E-state index in [9.17, 15) is 9.18 Å². The van der Waals surface area contributed by atoms with Crippen LogP contribution in [0.1, 0.15) is 12.0 Å².